The predicted octanol–water partition coefficient (Wildman–Crippen LogP) is 2.78. The first-order valence-corrected chi connectivity index (χ1v) is 8.06. The van der Waals surface area contributed by atoms with Gasteiger partial charge in [-0.05, 0) is 11.5 Å². The van der Waals surface area contributed by atoms with E-state index in [0.29, 0.717) is 6.42 Å². The number of ether oxygens (including phenoxy) is 2. The summed E-state index contributed by atoms with van der Waals surface area (Å²) in [5.74, 6) is -0.719. The molecule has 1 fully saturated rings. The summed E-state index contributed by atoms with van der Waals surface area (Å²) in [7, 11) is 0. The van der Waals surface area contributed by atoms with Crippen molar-refractivity contribution in [2.75, 3.05) is 0 Å². The summed E-state index contributed by atoms with van der Waals surface area (Å²) in [6.07, 6.45) is -0.398. The second kappa shape index (κ2) is 8.34. The highest BCUT2D eigenvalue weighted by atomic mass is 16.6. The highest BCUT2D eigenvalue weighted by molar-refractivity contribution is 5.75. The lowest BCUT2D eigenvalue weighted by molar-refractivity contribution is -0.145. The number of esters is 1. The number of hydrogen-bond acceptors (Lipinski definition) is 5. The molecule has 6 nitrogen and oxygen atoms in total. The topological polar surface area (TPSA) is 88.4 Å². The summed E-state index contributed by atoms with van der Waals surface area (Å²) in [4.78, 5) is 23.8. The molecule has 0 spiro atoms. The first kappa shape index (κ1) is 17.8. The molecule has 2 rings (SSSR count). The quantitative estimate of drug-likeness (QED) is 0.810. The molecule has 1 heterocycles. The minimum atomic E-state index is -0.544. The first-order chi connectivity index (χ1) is 11.5. The molecule has 0 radical (unpaired) electrons. The van der Waals surface area contributed by atoms with E-state index in [2.05, 4.69) is 5.32 Å². The van der Waals surface area contributed by atoms with Crippen molar-refractivity contribution in [3.05, 3.63) is 35.9 Å². The van der Waals surface area contributed by atoms with Crippen LogP contribution in [0.15, 0.2) is 30.3 Å². The van der Waals surface area contributed by atoms with E-state index in [9.17, 15) is 9.59 Å². The molecule has 1 aromatic rings. The fourth-order valence-electron chi connectivity index (χ4n) is 2.76. The molecule has 6 heteroatoms. The summed E-state index contributed by atoms with van der Waals surface area (Å²) in [5.41, 5.74) is 0.898. The summed E-state index contributed by atoms with van der Waals surface area (Å²) in [6, 6.07) is 11.0. The fraction of sp³-hybridized carbons (Fsp3) is 0.500. The third kappa shape index (κ3) is 4.72. The maximum atomic E-state index is 12.1. The molecular weight excluding hydrogens is 308 g/mol. The molecule has 1 aliphatic heterocycles. The maximum Gasteiger partial charge on any atom is 0.407 e. The number of rotatable bonds is 6. The van der Waals surface area contributed by atoms with Crippen LogP contribution >= 0.6 is 0 Å². The molecule has 0 bridgehead atoms. The third-order valence-electron chi connectivity index (χ3n) is 4.07. The van der Waals surface area contributed by atoms with Gasteiger partial charge < -0.3 is 14.8 Å². The standard InChI is InChI=1S/C18H22N2O4/c1-12(2)16(15-10-14(8-9-19)17(21)24-15)20-18(22)23-11-13-6-4-3-5-7-13/h3-7,12,14-16H,8,10-11H2,1-2H3,(H,20,22)/t14-,15+,16+/m1/s1. The third-order valence-corrected chi connectivity index (χ3v) is 4.07. The van der Waals surface area contributed by atoms with Crippen LogP contribution < -0.4 is 5.32 Å². The van der Waals surface area contributed by atoms with Crippen LogP contribution in [0.25, 0.3) is 0 Å². The second-order valence-electron chi connectivity index (χ2n) is 6.25. The Balaban J connectivity index is 1.90. The van der Waals surface area contributed by atoms with Gasteiger partial charge in [0.2, 0.25) is 0 Å². The highest BCUT2D eigenvalue weighted by Crippen LogP contribution is 2.28. The average molecular weight is 330 g/mol. The fourth-order valence-corrected chi connectivity index (χ4v) is 2.76. The van der Waals surface area contributed by atoms with Crippen LogP contribution in [0, 0.1) is 23.2 Å². The van der Waals surface area contributed by atoms with Crippen molar-refractivity contribution < 1.29 is 19.1 Å². The van der Waals surface area contributed by atoms with Gasteiger partial charge in [0.05, 0.1) is 18.0 Å². The summed E-state index contributed by atoms with van der Waals surface area (Å²) in [6.45, 7) is 4.06. The Kier molecular flexibility index (Phi) is 6.19. The van der Waals surface area contributed by atoms with Crippen molar-refractivity contribution in [1.29, 1.82) is 5.26 Å². The Morgan fingerprint density at radius 1 is 1.42 bits per heavy atom. The van der Waals surface area contributed by atoms with Gasteiger partial charge in [-0.2, -0.15) is 5.26 Å². The van der Waals surface area contributed by atoms with E-state index < -0.39 is 18.1 Å². The van der Waals surface area contributed by atoms with Crippen LogP contribution in [0.3, 0.4) is 0 Å². The molecule has 0 aliphatic carbocycles. The zero-order valence-electron chi connectivity index (χ0n) is 13.9. The Labute approximate surface area is 141 Å². The number of benzene rings is 1. The van der Waals surface area contributed by atoms with E-state index >= 15 is 0 Å². The number of nitrogens with zero attached hydrogens (tertiary/aromatic N) is 1. The van der Waals surface area contributed by atoms with Gasteiger partial charge in [-0.15, -0.1) is 0 Å². The number of carbonyl (C=O) groups is 2. The molecule has 24 heavy (non-hydrogen) atoms. The van der Waals surface area contributed by atoms with E-state index in [-0.39, 0.29) is 31.0 Å². The van der Waals surface area contributed by atoms with Gasteiger partial charge in [0.1, 0.15) is 12.7 Å². The van der Waals surface area contributed by atoms with Crippen molar-refractivity contribution in [1.82, 2.24) is 5.32 Å². The number of nitriles is 1. The molecule has 3 atom stereocenters. The molecule has 1 saturated heterocycles. The Bertz CT molecular complexity index is 609. The average Bonchev–Trinajstić information content (AvgIpc) is 2.92. The van der Waals surface area contributed by atoms with Gasteiger partial charge in [-0.3, -0.25) is 4.79 Å². The van der Waals surface area contributed by atoms with Crippen LogP contribution in [-0.2, 0) is 20.9 Å². The van der Waals surface area contributed by atoms with Gasteiger partial charge in [0, 0.05) is 12.8 Å². The first-order valence-electron chi connectivity index (χ1n) is 8.06. The van der Waals surface area contributed by atoms with Gasteiger partial charge in [-0.25, -0.2) is 4.79 Å². The van der Waals surface area contributed by atoms with Gasteiger partial charge in [0.15, 0.2) is 0 Å². The largest absolute Gasteiger partial charge is 0.460 e. The molecule has 128 valence electrons. The summed E-state index contributed by atoms with van der Waals surface area (Å²) < 4.78 is 10.6. The molecule has 1 aliphatic rings. The minimum absolute atomic E-state index is 0.0629. The normalized spacial score (nSPS) is 21.0. The molecule has 1 N–H and O–H groups in total. The van der Waals surface area contributed by atoms with Crippen LogP contribution in [0.5, 0.6) is 0 Å². The van der Waals surface area contributed by atoms with Crippen molar-refractivity contribution >= 4 is 12.1 Å². The summed E-state index contributed by atoms with van der Waals surface area (Å²) >= 11 is 0. The maximum absolute atomic E-state index is 12.1. The predicted molar refractivity (Wildman–Crippen MR) is 86.6 cm³/mol. The van der Waals surface area contributed by atoms with Crippen molar-refractivity contribution in [3.8, 4) is 6.07 Å². The second-order valence-corrected chi connectivity index (χ2v) is 6.25. The Morgan fingerprint density at radius 2 is 2.12 bits per heavy atom. The molecule has 0 aromatic heterocycles. The Hall–Kier alpha value is -2.55. The van der Waals surface area contributed by atoms with Crippen LogP contribution in [-0.4, -0.2) is 24.2 Å². The molecule has 0 saturated carbocycles. The van der Waals surface area contributed by atoms with Crippen LogP contribution in [0.2, 0.25) is 0 Å². The number of alkyl carbamates (subject to hydrolysis) is 1. The number of amides is 1. The minimum Gasteiger partial charge on any atom is -0.460 e. The van der Waals surface area contributed by atoms with E-state index in [1.54, 1.807) is 0 Å². The number of cyclic esters (lactones) is 1. The van der Waals surface area contributed by atoms with Crippen molar-refractivity contribution in [2.45, 2.75) is 45.4 Å². The van der Waals surface area contributed by atoms with Crippen LogP contribution in [0.4, 0.5) is 4.79 Å². The highest BCUT2D eigenvalue weighted by Gasteiger charge is 2.40. The number of carbonyl (C=O) groups excluding carboxylic acids is 2. The zero-order valence-corrected chi connectivity index (χ0v) is 13.9. The van der Waals surface area contributed by atoms with Gasteiger partial charge >= 0.3 is 12.1 Å². The molecular formula is C18H22N2O4. The Morgan fingerprint density at radius 3 is 2.75 bits per heavy atom. The monoisotopic (exact) mass is 330 g/mol. The molecule has 0 unspecified atom stereocenters. The van der Waals surface area contributed by atoms with Crippen molar-refractivity contribution in [2.24, 2.45) is 11.8 Å². The van der Waals surface area contributed by atoms with Gasteiger partial charge in [0.25, 0.3) is 0 Å². The molecule has 1 amide bonds. The SMILES string of the molecule is CC(C)[C@H](NC(=O)OCc1ccccc1)[C@@H]1C[C@@H](CC#N)C(=O)O1. The van der Waals surface area contributed by atoms with Crippen LogP contribution in [0.1, 0.15) is 32.3 Å². The number of nitrogens with one attached hydrogen (secondary N) is 1. The molecule has 1 aromatic carbocycles. The lowest BCUT2D eigenvalue weighted by atomic mass is 9.92. The van der Waals surface area contributed by atoms with E-state index in [0.717, 1.165) is 5.56 Å². The van der Waals surface area contributed by atoms with E-state index in [4.69, 9.17) is 14.7 Å². The van der Waals surface area contributed by atoms with E-state index in [1.807, 2.05) is 50.2 Å². The summed E-state index contributed by atoms with van der Waals surface area (Å²) in [5, 5.41) is 11.5. The zero-order chi connectivity index (χ0) is 17.5. The number of hydrogen-bond donors (Lipinski definition) is 1. The van der Waals surface area contributed by atoms with Crippen molar-refractivity contribution in [3.63, 3.8) is 0 Å². The lowest BCUT2D eigenvalue weighted by Crippen LogP contribution is -2.46. The lowest BCUT2D eigenvalue weighted by Gasteiger charge is -2.26. The van der Waals surface area contributed by atoms with Gasteiger partial charge in [-0.1, -0.05) is 44.2 Å². The smallest absolute Gasteiger partial charge is 0.407 e. The van der Waals surface area contributed by atoms with E-state index in [1.165, 1.54) is 0 Å².